The number of aliphatic imine (C=N–C) groups is 1. The van der Waals surface area contributed by atoms with E-state index in [-0.39, 0.29) is 11.4 Å². The van der Waals surface area contributed by atoms with Crippen LogP contribution < -0.4 is 5.56 Å². The SMILES string of the molecule is O=c1cccc2n1CC=C1C2=Nc2cc(F)ccc21. The van der Waals surface area contributed by atoms with Crippen LogP contribution in [0, 0.1) is 5.82 Å². The minimum atomic E-state index is -0.298. The molecule has 0 atom stereocenters. The van der Waals surface area contributed by atoms with Crippen LogP contribution in [0.15, 0.2) is 52.3 Å². The van der Waals surface area contributed by atoms with Crippen molar-refractivity contribution < 1.29 is 4.39 Å². The molecule has 19 heavy (non-hydrogen) atoms. The molecule has 2 aromatic rings. The first-order chi connectivity index (χ1) is 9.24. The number of aromatic nitrogens is 1. The molecular weight excluding hydrogens is 243 g/mol. The molecule has 0 unspecified atom stereocenters. The molecule has 0 spiro atoms. The van der Waals surface area contributed by atoms with Gasteiger partial charge >= 0.3 is 0 Å². The number of hydrogen-bond acceptors (Lipinski definition) is 2. The lowest BCUT2D eigenvalue weighted by molar-refractivity contribution is 0.628. The normalized spacial score (nSPS) is 15.2. The molecule has 0 radical (unpaired) electrons. The van der Waals surface area contributed by atoms with Crippen LogP contribution in [0.1, 0.15) is 11.3 Å². The Morgan fingerprint density at radius 2 is 2.11 bits per heavy atom. The summed E-state index contributed by atoms with van der Waals surface area (Å²) in [5.41, 5.74) is 4.05. The third kappa shape index (κ3) is 1.37. The van der Waals surface area contributed by atoms with Gasteiger partial charge in [-0.3, -0.25) is 4.79 Å². The molecule has 0 N–H and O–H groups in total. The number of pyridine rings is 1. The van der Waals surface area contributed by atoms with Gasteiger partial charge in [-0.15, -0.1) is 0 Å². The molecule has 0 aliphatic carbocycles. The van der Waals surface area contributed by atoms with Crippen molar-refractivity contribution in [2.45, 2.75) is 6.54 Å². The van der Waals surface area contributed by atoms with Crippen molar-refractivity contribution >= 4 is 17.0 Å². The highest BCUT2D eigenvalue weighted by molar-refractivity contribution is 6.35. The van der Waals surface area contributed by atoms with Gasteiger partial charge in [-0.2, -0.15) is 0 Å². The van der Waals surface area contributed by atoms with Crippen molar-refractivity contribution in [3.8, 4) is 0 Å². The summed E-state index contributed by atoms with van der Waals surface area (Å²) in [4.78, 5) is 16.3. The molecule has 1 aromatic carbocycles. The Labute approximate surface area is 108 Å². The summed E-state index contributed by atoms with van der Waals surface area (Å²) >= 11 is 0. The van der Waals surface area contributed by atoms with Crippen molar-refractivity contribution in [1.82, 2.24) is 4.57 Å². The lowest BCUT2D eigenvalue weighted by atomic mass is 9.98. The lowest BCUT2D eigenvalue weighted by Crippen LogP contribution is -2.27. The summed E-state index contributed by atoms with van der Waals surface area (Å²) in [6.07, 6.45) is 1.97. The average molecular weight is 252 g/mol. The Balaban J connectivity index is 2.00. The molecule has 0 fully saturated rings. The molecule has 3 heterocycles. The molecule has 1 aromatic heterocycles. The van der Waals surface area contributed by atoms with E-state index in [1.54, 1.807) is 16.7 Å². The average Bonchev–Trinajstić information content (AvgIpc) is 2.77. The number of hydrogen-bond donors (Lipinski definition) is 0. The van der Waals surface area contributed by atoms with Gasteiger partial charge < -0.3 is 4.57 Å². The molecule has 0 saturated carbocycles. The summed E-state index contributed by atoms with van der Waals surface area (Å²) < 4.78 is 14.9. The summed E-state index contributed by atoms with van der Waals surface area (Å²) in [6, 6.07) is 9.73. The second kappa shape index (κ2) is 3.51. The van der Waals surface area contributed by atoms with Crippen LogP contribution in [-0.2, 0) is 6.54 Å². The maximum absolute atomic E-state index is 13.3. The largest absolute Gasteiger partial charge is 0.303 e. The van der Waals surface area contributed by atoms with Crippen LogP contribution in [0.3, 0.4) is 0 Å². The third-order valence-corrected chi connectivity index (χ3v) is 3.51. The Bertz CT molecular complexity index is 830. The molecule has 0 amide bonds. The predicted octanol–water partition coefficient (Wildman–Crippen LogP) is 2.52. The standard InChI is InChI=1S/C15H9FN2O/c16-9-4-5-10-11-6-7-18-13(2-1-3-14(18)19)15(11)17-12(10)8-9/h1-6,8H,7H2. The zero-order chi connectivity index (χ0) is 13.0. The Kier molecular flexibility index (Phi) is 1.93. The summed E-state index contributed by atoms with van der Waals surface area (Å²) in [5, 5.41) is 0. The highest BCUT2D eigenvalue weighted by atomic mass is 19.1. The van der Waals surface area contributed by atoms with E-state index in [0.717, 1.165) is 22.5 Å². The van der Waals surface area contributed by atoms with Crippen LogP contribution in [0.25, 0.3) is 5.57 Å². The Morgan fingerprint density at radius 1 is 1.21 bits per heavy atom. The number of halogens is 1. The zero-order valence-corrected chi connectivity index (χ0v) is 9.93. The van der Waals surface area contributed by atoms with Gasteiger partial charge in [0, 0.05) is 29.8 Å². The van der Waals surface area contributed by atoms with E-state index in [9.17, 15) is 9.18 Å². The number of nitrogens with zero attached hydrogens (tertiary/aromatic N) is 2. The second-order valence-corrected chi connectivity index (χ2v) is 4.60. The Morgan fingerprint density at radius 3 is 3.00 bits per heavy atom. The second-order valence-electron chi connectivity index (χ2n) is 4.60. The van der Waals surface area contributed by atoms with Gasteiger partial charge in [-0.1, -0.05) is 12.1 Å². The van der Waals surface area contributed by atoms with Crippen LogP contribution >= 0.6 is 0 Å². The molecule has 2 aliphatic rings. The summed E-state index contributed by atoms with van der Waals surface area (Å²) in [7, 11) is 0. The van der Waals surface area contributed by atoms with Crippen molar-refractivity contribution in [1.29, 1.82) is 0 Å². The first-order valence-corrected chi connectivity index (χ1v) is 6.03. The van der Waals surface area contributed by atoms with Crippen LogP contribution in [-0.4, -0.2) is 10.3 Å². The van der Waals surface area contributed by atoms with Gasteiger partial charge in [-0.05, 0) is 18.2 Å². The molecule has 4 rings (SSSR count). The van der Waals surface area contributed by atoms with Crippen LogP contribution in [0.4, 0.5) is 10.1 Å². The topological polar surface area (TPSA) is 34.4 Å². The lowest BCUT2D eigenvalue weighted by Gasteiger charge is -2.17. The van der Waals surface area contributed by atoms with Gasteiger partial charge in [0.15, 0.2) is 0 Å². The first kappa shape index (κ1) is 10.4. The van der Waals surface area contributed by atoms with Crippen molar-refractivity contribution in [3.05, 3.63) is 69.9 Å². The molecule has 3 nitrogen and oxygen atoms in total. The van der Waals surface area contributed by atoms with E-state index < -0.39 is 0 Å². The zero-order valence-electron chi connectivity index (χ0n) is 9.93. The quantitative estimate of drug-likeness (QED) is 0.709. The van der Waals surface area contributed by atoms with Crippen LogP contribution in [0.5, 0.6) is 0 Å². The van der Waals surface area contributed by atoms with Gasteiger partial charge in [0.05, 0.1) is 17.1 Å². The minimum absolute atomic E-state index is 0.0439. The maximum atomic E-state index is 13.3. The number of benzene rings is 1. The Hall–Kier alpha value is -2.49. The van der Waals surface area contributed by atoms with Crippen molar-refractivity contribution in [2.24, 2.45) is 4.99 Å². The fourth-order valence-electron chi connectivity index (χ4n) is 2.63. The van der Waals surface area contributed by atoms with E-state index in [2.05, 4.69) is 4.99 Å². The van der Waals surface area contributed by atoms with Gasteiger partial charge in [0.2, 0.25) is 0 Å². The monoisotopic (exact) mass is 252 g/mol. The highest BCUT2D eigenvalue weighted by Gasteiger charge is 2.27. The van der Waals surface area contributed by atoms with Gasteiger partial charge in [-0.25, -0.2) is 9.38 Å². The molecule has 0 bridgehead atoms. The van der Waals surface area contributed by atoms with E-state index in [1.165, 1.54) is 18.2 Å². The van der Waals surface area contributed by atoms with Crippen molar-refractivity contribution in [3.63, 3.8) is 0 Å². The van der Waals surface area contributed by atoms with E-state index >= 15 is 0 Å². The fourth-order valence-corrected chi connectivity index (χ4v) is 2.63. The smallest absolute Gasteiger partial charge is 0.251 e. The molecule has 4 heteroatoms. The number of allylic oxidation sites excluding steroid dienone is 2. The van der Waals surface area contributed by atoms with Gasteiger partial charge in [0.1, 0.15) is 5.82 Å². The number of rotatable bonds is 0. The van der Waals surface area contributed by atoms with E-state index in [1.807, 2.05) is 12.1 Å². The molecule has 2 aliphatic heterocycles. The minimum Gasteiger partial charge on any atom is -0.303 e. The van der Waals surface area contributed by atoms with Crippen LogP contribution in [0.2, 0.25) is 0 Å². The van der Waals surface area contributed by atoms with Gasteiger partial charge in [0.25, 0.3) is 5.56 Å². The summed E-state index contributed by atoms with van der Waals surface area (Å²) in [6.45, 7) is 0.528. The maximum Gasteiger partial charge on any atom is 0.251 e. The van der Waals surface area contributed by atoms with E-state index in [4.69, 9.17) is 0 Å². The molecule has 0 saturated heterocycles. The first-order valence-electron chi connectivity index (χ1n) is 6.03. The number of fused-ring (bicyclic) bond motifs is 5. The highest BCUT2D eigenvalue weighted by Crippen LogP contribution is 2.38. The fraction of sp³-hybridized carbons (Fsp3) is 0.0667. The van der Waals surface area contributed by atoms with E-state index in [0.29, 0.717) is 12.2 Å². The van der Waals surface area contributed by atoms with Crippen molar-refractivity contribution in [2.75, 3.05) is 0 Å². The summed E-state index contributed by atoms with van der Waals surface area (Å²) in [5.74, 6) is -0.298. The molecular formula is C15H9FN2O. The third-order valence-electron chi connectivity index (χ3n) is 3.51. The molecule has 92 valence electrons. The predicted molar refractivity (Wildman–Crippen MR) is 71.3 cm³/mol.